The van der Waals surface area contributed by atoms with Crippen molar-refractivity contribution in [1.29, 1.82) is 0 Å². The molecule has 31 heavy (non-hydrogen) atoms. The van der Waals surface area contributed by atoms with Crippen LogP contribution >= 0.6 is 0 Å². The van der Waals surface area contributed by atoms with Crippen LogP contribution in [0.2, 0.25) is 0 Å². The zero-order chi connectivity index (χ0) is 23.0. The summed E-state index contributed by atoms with van der Waals surface area (Å²) >= 11 is 0. The Hall–Kier alpha value is -1.36. The lowest BCUT2D eigenvalue weighted by Crippen LogP contribution is -2.28. The van der Waals surface area contributed by atoms with Crippen molar-refractivity contribution >= 4 is 11.9 Å². The molecule has 0 saturated heterocycles. The van der Waals surface area contributed by atoms with Gasteiger partial charge >= 0.3 is 11.9 Å². The van der Waals surface area contributed by atoms with E-state index in [0.717, 1.165) is 44.9 Å². The monoisotopic (exact) mass is 440 g/mol. The molecule has 0 aliphatic heterocycles. The number of allylic oxidation sites excluding steroid dienone is 2. The average molecular weight is 441 g/mol. The first-order valence-corrected chi connectivity index (χ1v) is 12.7. The van der Waals surface area contributed by atoms with E-state index in [2.05, 4.69) is 26.0 Å². The van der Waals surface area contributed by atoms with E-state index in [4.69, 9.17) is 9.47 Å². The van der Waals surface area contributed by atoms with Crippen molar-refractivity contribution in [2.75, 3.05) is 13.2 Å². The van der Waals surface area contributed by atoms with Crippen molar-refractivity contribution < 1.29 is 24.2 Å². The first-order valence-electron chi connectivity index (χ1n) is 12.7. The van der Waals surface area contributed by atoms with E-state index in [1.54, 1.807) is 0 Å². The molecule has 0 aromatic rings. The Balaban J connectivity index is 3.63. The summed E-state index contributed by atoms with van der Waals surface area (Å²) in [6, 6.07) is 0. The summed E-state index contributed by atoms with van der Waals surface area (Å²) in [5.74, 6) is -0.619. The Labute approximate surface area is 191 Å². The molecular weight excluding hydrogens is 392 g/mol. The van der Waals surface area contributed by atoms with Crippen LogP contribution in [-0.4, -0.2) is 36.4 Å². The van der Waals surface area contributed by atoms with E-state index < -0.39 is 6.10 Å². The molecule has 0 aromatic carbocycles. The highest BCUT2D eigenvalue weighted by Gasteiger charge is 2.15. The molecule has 0 fully saturated rings. The maximum absolute atomic E-state index is 11.9. The lowest BCUT2D eigenvalue weighted by atomic mass is 10.1. The van der Waals surface area contributed by atoms with Crippen molar-refractivity contribution in [1.82, 2.24) is 0 Å². The van der Waals surface area contributed by atoms with Crippen LogP contribution in [0, 0.1) is 0 Å². The number of rotatable bonds is 22. The summed E-state index contributed by atoms with van der Waals surface area (Å²) in [6.45, 7) is 3.98. The van der Waals surface area contributed by atoms with Crippen molar-refractivity contribution in [3.63, 3.8) is 0 Å². The number of carbonyl (C=O) groups is 2. The molecule has 0 heterocycles. The predicted octanol–water partition coefficient (Wildman–Crippen LogP) is 6.66. The zero-order valence-electron chi connectivity index (χ0n) is 20.2. The van der Waals surface area contributed by atoms with E-state index in [1.165, 1.54) is 51.4 Å². The van der Waals surface area contributed by atoms with Gasteiger partial charge in [0.15, 0.2) is 6.10 Å². The summed E-state index contributed by atoms with van der Waals surface area (Å²) in [5, 5.41) is 9.36. The van der Waals surface area contributed by atoms with Crippen LogP contribution < -0.4 is 0 Å². The SMILES string of the molecule is CCCCC/C=C\CCCCCCCC(=O)OC(CO)COC(=O)CCCCCCC. The van der Waals surface area contributed by atoms with Crippen LogP contribution in [0.15, 0.2) is 12.2 Å². The highest BCUT2D eigenvalue weighted by molar-refractivity contribution is 5.70. The molecule has 0 radical (unpaired) electrons. The van der Waals surface area contributed by atoms with E-state index in [-0.39, 0.29) is 25.2 Å². The van der Waals surface area contributed by atoms with Gasteiger partial charge in [-0.15, -0.1) is 0 Å². The zero-order valence-corrected chi connectivity index (χ0v) is 20.2. The Kier molecular flexibility index (Phi) is 22.3. The van der Waals surface area contributed by atoms with Crippen LogP contribution in [0.5, 0.6) is 0 Å². The number of carbonyl (C=O) groups excluding carboxylic acids is 2. The molecular formula is C26H48O5. The van der Waals surface area contributed by atoms with E-state index in [1.807, 2.05) is 0 Å². The quantitative estimate of drug-likeness (QED) is 0.116. The molecule has 0 aromatic heterocycles. The standard InChI is InChI=1S/C26H48O5/c1-3-5-7-9-10-11-12-13-14-15-17-19-21-26(29)31-24(22-27)23-30-25(28)20-18-16-8-6-4-2/h10-11,24,27H,3-9,12-23H2,1-2H3/b11-10-. The maximum atomic E-state index is 11.9. The summed E-state index contributed by atoms with van der Waals surface area (Å²) in [5.41, 5.74) is 0. The molecule has 0 spiro atoms. The smallest absolute Gasteiger partial charge is 0.306 e. The van der Waals surface area contributed by atoms with Gasteiger partial charge in [-0.3, -0.25) is 9.59 Å². The fourth-order valence-corrected chi connectivity index (χ4v) is 3.31. The molecule has 0 bridgehead atoms. The highest BCUT2D eigenvalue weighted by atomic mass is 16.6. The molecule has 1 unspecified atom stereocenters. The van der Waals surface area contributed by atoms with Gasteiger partial charge < -0.3 is 14.6 Å². The topological polar surface area (TPSA) is 72.8 Å². The number of esters is 2. The lowest BCUT2D eigenvalue weighted by molar-refractivity contribution is -0.161. The number of ether oxygens (including phenoxy) is 2. The van der Waals surface area contributed by atoms with Gasteiger partial charge in [-0.1, -0.05) is 83.8 Å². The fraction of sp³-hybridized carbons (Fsp3) is 0.846. The van der Waals surface area contributed by atoms with Gasteiger partial charge in [-0.2, -0.15) is 0 Å². The van der Waals surface area contributed by atoms with Gasteiger partial charge in [0, 0.05) is 12.8 Å². The Morgan fingerprint density at radius 1 is 0.710 bits per heavy atom. The Morgan fingerprint density at radius 3 is 1.81 bits per heavy atom. The molecule has 0 rings (SSSR count). The normalized spacial score (nSPS) is 12.2. The number of hydrogen-bond donors (Lipinski definition) is 1. The maximum Gasteiger partial charge on any atom is 0.306 e. The largest absolute Gasteiger partial charge is 0.462 e. The molecule has 1 atom stereocenters. The molecule has 0 aliphatic rings. The van der Waals surface area contributed by atoms with E-state index in [0.29, 0.717) is 12.8 Å². The van der Waals surface area contributed by atoms with Crippen molar-refractivity contribution in [2.45, 2.75) is 129 Å². The predicted molar refractivity (Wildman–Crippen MR) is 127 cm³/mol. The average Bonchev–Trinajstić information content (AvgIpc) is 2.77. The second-order valence-corrected chi connectivity index (χ2v) is 8.42. The van der Waals surface area contributed by atoms with Crippen LogP contribution in [0.1, 0.15) is 123 Å². The van der Waals surface area contributed by atoms with Crippen LogP contribution in [-0.2, 0) is 19.1 Å². The van der Waals surface area contributed by atoms with Crippen molar-refractivity contribution in [3.05, 3.63) is 12.2 Å². The van der Waals surface area contributed by atoms with E-state index >= 15 is 0 Å². The molecule has 1 N–H and O–H groups in total. The van der Waals surface area contributed by atoms with Gasteiger partial charge in [0.2, 0.25) is 0 Å². The van der Waals surface area contributed by atoms with Gasteiger partial charge in [-0.05, 0) is 38.5 Å². The van der Waals surface area contributed by atoms with Crippen LogP contribution in [0.4, 0.5) is 0 Å². The number of hydrogen-bond acceptors (Lipinski definition) is 5. The molecule has 182 valence electrons. The lowest BCUT2D eigenvalue weighted by Gasteiger charge is -2.15. The first kappa shape index (κ1) is 29.6. The molecule has 0 amide bonds. The third-order valence-electron chi connectivity index (χ3n) is 5.31. The fourth-order valence-electron chi connectivity index (χ4n) is 3.31. The Morgan fingerprint density at radius 2 is 1.19 bits per heavy atom. The third-order valence-corrected chi connectivity index (χ3v) is 5.31. The van der Waals surface area contributed by atoms with Crippen LogP contribution in [0.3, 0.4) is 0 Å². The van der Waals surface area contributed by atoms with Gasteiger partial charge in [-0.25, -0.2) is 0 Å². The van der Waals surface area contributed by atoms with Gasteiger partial charge in [0.05, 0.1) is 6.61 Å². The highest BCUT2D eigenvalue weighted by Crippen LogP contribution is 2.10. The number of aliphatic hydroxyl groups is 1. The van der Waals surface area contributed by atoms with Gasteiger partial charge in [0.25, 0.3) is 0 Å². The van der Waals surface area contributed by atoms with Gasteiger partial charge in [0.1, 0.15) is 6.61 Å². The minimum atomic E-state index is -0.763. The summed E-state index contributed by atoms with van der Waals surface area (Å²) in [7, 11) is 0. The van der Waals surface area contributed by atoms with Crippen molar-refractivity contribution in [2.24, 2.45) is 0 Å². The molecule has 5 nitrogen and oxygen atoms in total. The number of aliphatic hydroxyl groups excluding tert-OH is 1. The summed E-state index contributed by atoms with van der Waals surface area (Å²) in [4.78, 5) is 23.7. The summed E-state index contributed by atoms with van der Waals surface area (Å²) in [6.07, 6.45) is 21.4. The first-order chi connectivity index (χ1) is 15.1. The minimum absolute atomic E-state index is 0.0675. The van der Waals surface area contributed by atoms with E-state index in [9.17, 15) is 14.7 Å². The van der Waals surface area contributed by atoms with Crippen LogP contribution in [0.25, 0.3) is 0 Å². The minimum Gasteiger partial charge on any atom is -0.462 e. The summed E-state index contributed by atoms with van der Waals surface area (Å²) < 4.78 is 10.4. The molecule has 0 saturated carbocycles. The molecule has 0 aliphatic carbocycles. The third kappa shape index (κ3) is 21.7. The second kappa shape index (κ2) is 23.3. The molecule has 5 heteroatoms. The Bertz CT molecular complexity index is 447. The second-order valence-electron chi connectivity index (χ2n) is 8.42. The number of unbranched alkanes of at least 4 members (excludes halogenated alkanes) is 12. The van der Waals surface area contributed by atoms with Crippen molar-refractivity contribution in [3.8, 4) is 0 Å².